The standard InChI is InChI=1S/C23H29ClO8/c1-4-31-15-8-5-13(6-9-15)21(29-2)16-11-14(7-10-17(16)24)23(30-3)22(28)20(27)19(26)18(12-25)32-23/h5-11,18-22,25-28H,4,12H2,1-3H3/t18-,19-,20+,21?,22-,23?/m1/s1. The maximum absolute atomic E-state index is 10.8. The Balaban J connectivity index is 2.04. The minimum Gasteiger partial charge on any atom is -0.494 e. The summed E-state index contributed by atoms with van der Waals surface area (Å²) in [5.74, 6) is -1.12. The highest BCUT2D eigenvalue weighted by molar-refractivity contribution is 6.31. The summed E-state index contributed by atoms with van der Waals surface area (Å²) in [4.78, 5) is 0. The van der Waals surface area contributed by atoms with Gasteiger partial charge in [0.1, 0.15) is 36.3 Å². The monoisotopic (exact) mass is 468 g/mol. The fourth-order valence-electron chi connectivity index (χ4n) is 3.98. The molecule has 0 amide bonds. The topological polar surface area (TPSA) is 118 Å². The van der Waals surface area contributed by atoms with Crippen LogP contribution in [0.5, 0.6) is 5.75 Å². The lowest BCUT2D eigenvalue weighted by atomic mass is 9.86. The predicted octanol–water partition coefficient (Wildman–Crippen LogP) is 1.75. The lowest BCUT2D eigenvalue weighted by molar-refractivity contribution is -0.366. The highest BCUT2D eigenvalue weighted by Gasteiger charge is 2.55. The number of methoxy groups -OCH3 is 2. The van der Waals surface area contributed by atoms with E-state index in [-0.39, 0.29) is 0 Å². The predicted molar refractivity (Wildman–Crippen MR) is 117 cm³/mol. The van der Waals surface area contributed by atoms with Crippen LogP contribution in [0.4, 0.5) is 0 Å². The molecule has 1 heterocycles. The van der Waals surface area contributed by atoms with Crippen molar-refractivity contribution in [2.45, 2.75) is 43.2 Å². The van der Waals surface area contributed by atoms with Crippen LogP contribution < -0.4 is 4.74 Å². The molecule has 32 heavy (non-hydrogen) atoms. The van der Waals surface area contributed by atoms with E-state index in [1.54, 1.807) is 25.3 Å². The second-order valence-corrected chi connectivity index (χ2v) is 7.90. The molecule has 8 nitrogen and oxygen atoms in total. The highest BCUT2D eigenvalue weighted by atomic mass is 35.5. The molecule has 3 rings (SSSR count). The van der Waals surface area contributed by atoms with E-state index in [4.69, 9.17) is 30.5 Å². The van der Waals surface area contributed by atoms with E-state index in [0.717, 1.165) is 11.3 Å². The van der Waals surface area contributed by atoms with Crippen LogP contribution in [0.25, 0.3) is 0 Å². The Morgan fingerprint density at radius 3 is 2.31 bits per heavy atom. The molecule has 2 aromatic carbocycles. The molecule has 2 unspecified atom stereocenters. The Kier molecular flexibility index (Phi) is 8.13. The van der Waals surface area contributed by atoms with E-state index in [9.17, 15) is 20.4 Å². The first kappa shape index (κ1) is 24.9. The lowest BCUT2D eigenvalue weighted by Crippen LogP contribution is -2.64. The van der Waals surface area contributed by atoms with Crippen molar-refractivity contribution in [3.63, 3.8) is 0 Å². The summed E-state index contributed by atoms with van der Waals surface area (Å²) in [6, 6.07) is 12.2. The first-order chi connectivity index (χ1) is 15.3. The van der Waals surface area contributed by atoms with Gasteiger partial charge >= 0.3 is 0 Å². The molecule has 6 atom stereocenters. The highest BCUT2D eigenvalue weighted by Crippen LogP contribution is 2.42. The van der Waals surface area contributed by atoms with Gasteiger partial charge < -0.3 is 39.4 Å². The van der Waals surface area contributed by atoms with Crippen LogP contribution in [0.3, 0.4) is 0 Å². The molecular formula is C23H29ClO8. The van der Waals surface area contributed by atoms with Gasteiger partial charge in [-0.25, -0.2) is 0 Å². The summed E-state index contributed by atoms with van der Waals surface area (Å²) in [5.41, 5.74) is 1.73. The molecule has 2 aromatic rings. The third kappa shape index (κ3) is 4.50. The molecule has 1 aliphatic rings. The van der Waals surface area contributed by atoms with Gasteiger partial charge in [0, 0.05) is 30.4 Å². The van der Waals surface area contributed by atoms with Gasteiger partial charge in [-0.2, -0.15) is 0 Å². The first-order valence-corrected chi connectivity index (χ1v) is 10.6. The molecule has 1 aliphatic heterocycles. The number of aliphatic hydroxyl groups is 4. The van der Waals surface area contributed by atoms with Gasteiger partial charge in [-0.15, -0.1) is 0 Å². The molecule has 0 aromatic heterocycles. The van der Waals surface area contributed by atoms with Crippen LogP contribution in [0.15, 0.2) is 42.5 Å². The normalized spacial score (nSPS) is 29.0. The largest absolute Gasteiger partial charge is 0.494 e. The van der Waals surface area contributed by atoms with Gasteiger partial charge in [0.05, 0.1) is 13.2 Å². The van der Waals surface area contributed by atoms with E-state index < -0.39 is 42.9 Å². The van der Waals surface area contributed by atoms with Crippen molar-refractivity contribution in [3.8, 4) is 5.75 Å². The fourth-order valence-corrected chi connectivity index (χ4v) is 4.19. The Bertz CT molecular complexity index is 890. The molecule has 1 fully saturated rings. The van der Waals surface area contributed by atoms with Crippen LogP contribution in [-0.4, -0.2) is 72.3 Å². The summed E-state index contributed by atoms with van der Waals surface area (Å²) in [6.07, 6.45) is -6.45. The maximum atomic E-state index is 10.8. The number of ether oxygens (including phenoxy) is 4. The summed E-state index contributed by atoms with van der Waals surface area (Å²) >= 11 is 6.49. The molecule has 4 N–H and O–H groups in total. The van der Waals surface area contributed by atoms with Gasteiger partial charge in [-0.05, 0) is 36.8 Å². The summed E-state index contributed by atoms with van der Waals surface area (Å²) < 4.78 is 22.5. The van der Waals surface area contributed by atoms with Crippen molar-refractivity contribution in [3.05, 3.63) is 64.2 Å². The summed E-state index contributed by atoms with van der Waals surface area (Å²) in [5, 5.41) is 41.2. The molecule has 0 bridgehead atoms. The Hall–Kier alpha value is -1.75. The van der Waals surface area contributed by atoms with Crippen molar-refractivity contribution in [2.24, 2.45) is 0 Å². The van der Waals surface area contributed by atoms with Gasteiger partial charge in [-0.1, -0.05) is 29.8 Å². The smallest absolute Gasteiger partial charge is 0.224 e. The quantitative estimate of drug-likeness (QED) is 0.463. The Morgan fingerprint density at radius 2 is 1.75 bits per heavy atom. The van der Waals surface area contributed by atoms with Crippen molar-refractivity contribution in [1.29, 1.82) is 0 Å². The Morgan fingerprint density at radius 1 is 1.06 bits per heavy atom. The zero-order chi connectivity index (χ0) is 23.5. The molecule has 0 saturated carbocycles. The van der Waals surface area contributed by atoms with Gasteiger partial charge in [-0.3, -0.25) is 0 Å². The van der Waals surface area contributed by atoms with E-state index in [2.05, 4.69) is 0 Å². The number of rotatable bonds is 8. The molecule has 0 aliphatic carbocycles. The minimum atomic E-state index is -1.84. The number of aliphatic hydroxyl groups excluding tert-OH is 4. The van der Waals surface area contributed by atoms with Crippen molar-refractivity contribution in [1.82, 2.24) is 0 Å². The molecule has 9 heteroatoms. The molecule has 0 spiro atoms. The third-order valence-electron chi connectivity index (χ3n) is 5.66. The zero-order valence-electron chi connectivity index (χ0n) is 18.1. The Labute approximate surface area is 191 Å². The van der Waals surface area contributed by atoms with Crippen LogP contribution in [0.2, 0.25) is 5.02 Å². The minimum absolute atomic E-state index is 0.337. The second kappa shape index (κ2) is 10.5. The number of halogens is 1. The number of benzene rings is 2. The zero-order valence-corrected chi connectivity index (χ0v) is 18.9. The summed E-state index contributed by atoms with van der Waals surface area (Å²) in [6.45, 7) is 1.88. The van der Waals surface area contributed by atoms with Crippen molar-refractivity contribution < 1.29 is 39.4 Å². The lowest BCUT2D eigenvalue weighted by Gasteiger charge is -2.47. The molecular weight excluding hydrogens is 440 g/mol. The second-order valence-electron chi connectivity index (χ2n) is 7.49. The van der Waals surface area contributed by atoms with Gasteiger partial charge in [0.15, 0.2) is 0 Å². The van der Waals surface area contributed by atoms with Crippen molar-refractivity contribution >= 4 is 11.6 Å². The fraction of sp³-hybridized carbons (Fsp3) is 0.478. The van der Waals surface area contributed by atoms with Gasteiger partial charge in [0.25, 0.3) is 0 Å². The molecule has 1 saturated heterocycles. The first-order valence-electron chi connectivity index (χ1n) is 10.3. The van der Waals surface area contributed by atoms with E-state index in [1.165, 1.54) is 7.11 Å². The van der Waals surface area contributed by atoms with E-state index in [1.807, 2.05) is 31.2 Å². The van der Waals surface area contributed by atoms with Gasteiger partial charge in [0.2, 0.25) is 5.79 Å². The SMILES string of the molecule is CCOc1ccc(C(OC)c2cc(C3(OC)O[C@H](CO)[C@@H](O)[C@H](O)[C@H]3O)ccc2Cl)cc1. The molecule has 0 radical (unpaired) electrons. The molecule has 176 valence electrons. The third-order valence-corrected chi connectivity index (χ3v) is 6.01. The maximum Gasteiger partial charge on any atom is 0.224 e. The van der Waals surface area contributed by atoms with Crippen LogP contribution >= 0.6 is 11.6 Å². The van der Waals surface area contributed by atoms with Crippen LogP contribution in [0.1, 0.15) is 29.7 Å². The number of hydrogen-bond acceptors (Lipinski definition) is 8. The average Bonchev–Trinajstić information content (AvgIpc) is 2.81. The van der Waals surface area contributed by atoms with E-state index in [0.29, 0.717) is 22.8 Å². The number of hydrogen-bond donors (Lipinski definition) is 4. The van der Waals surface area contributed by atoms with Crippen molar-refractivity contribution in [2.75, 3.05) is 27.4 Å². The summed E-state index contributed by atoms with van der Waals surface area (Å²) in [7, 11) is 2.85. The van der Waals surface area contributed by atoms with Crippen LogP contribution in [0, 0.1) is 0 Å². The average molecular weight is 469 g/mol. The van der Waals surface area contributed by atoms with E-state index >= 15 is 0 Å². The van der Waals surface area contributed by atoms with Crippen LogP contribution in [-0.2, 0) is 20.0 Å².